The summed E-state index contributed by atoms with van der Waals surface area (Å²) in [4.78, 5) is 12.1. The zero-order chi connectivity index (χ0) is 21.0. The zero-order valence-corrected chi connectivity index (χ0v) is 17.8. The highest BCUT2D eigenvalue weighted by Gasteiger charge is 2.21. The molecule has 29 heavy (non-hydrogen) atoms. The summed E-state index contributed by atoms with van der Waals surface area (Å²) in [5, 5.41) is 0.776. The van der Waals surface area contributed by atoms with Gasteiger partial charge in [-0.05, 0) is 66.2 Å². The highest BCUT2D eigenvalue weighted by atomic mass is 35.5. The van der Waals surface area contributed by atoms with E-state index in [0.717, 1.165) is 5.56 Å². The van der Waals surface area contributed by atoms with Gasteiger partial charge < -0.3 is 4.18 Å². The second kappa shape index (κ2) is 9.01. The van der Waals surface area contributed by atoms with Crippen molar-refractivity contribution in [1.82, 2.24) is 0 Å². The van der Waals surface area contributed by atoms with Gasteiger partial charge in [0.1, 0.15) is 10.6 Å². The van der Waals surface area contributed by atoms with E-state index in [2.05, 4.69) is 0 Å². The van der Waals surface area contributed by atoms with Gasteiger partial charge in [-0.1, -0.05) is 53.0 Å². The molecular weight excluding hydrogens is 455 g/mol. The Labute approximate surface area is 183 Å². The molecule has 0 saturated carbocycles. The van der Waals surface area contributed by atoms with Crippen molar-refractivity contribution >= 4 is 56.8 Å². The minimum Gasteiger partial charge on any atom is -0.379 e. The summed E-state index contributed by atoms with van der Waals surface area (Å²) < 4.78 is 29.9. The Morgan fingerprint density at radius 2 is 1.55 bits per heavy atom. The van der Waals surface area contributed by atoms with Crippen LogP contribution in [-0.2, 0) is 10.1 Å². The summed E-state index contributed by atoms with van der Waals surface area (Å²) in [7, 11) is -4.18. The monoisotopic (exact) mass is 466 g/mol. The number of rotatable bonds is 6. The van der Waals surface area contributed by atoms with Gasteiger partial charge in [-0.15, -0.1) is 0 Å². The fourth-order valence-corrected chi connectivity index (χ4v) is 4.26. The zero-order valence-electron chi connectivity index (χ0n) is 14.7. The van der Waals surface area contributed by atoms with Gasteiger partial charge in [0.25, 0.3) is 0 Å². The molecule has 0 spiro atoms. The molecule has 3 aromatic rings. The van der Waals surface area contributed by atoms with E-state index >= 15 is 0 Å². The van der Waals surface area contributed by atoms with Gasteiger partial charge in [-0.3, -0.25) is 4.79 Å². The fraction of sp³-hybridized carbons (Fsp3) is 0. The third-order valence-electron chi connectivity index (χ3n) is 3.78. The third kappa shape index (κ3) is 5.61. The largest absolute Gasteiger partial charge is 0.379 e. The van der Waals surface area contributed by atoms with Gasteiger partial charge >= 0.3 is 10.1 Å². The van der Waals surface area contributed by atoms with Crippen molar-refractivity contribution in [3.8, 4) is 5.75 Å². The Morgan fingerprint density at radius 3 is 2.24 bits per heavy atom. The minimum atomic E-state index is -4.18. The SMILES string of the molecule is O=C(C=Cc1cccc(Cl)c1)c1ccc(OS(=O)(=O)c2cc(Cl)ccc2Cl)cc1. The molecule has 0 N–H and O–H groups in total. The first-order chi connectivity index (χ1) is 13.7. The molecule has 148 valence electrons. The smallest absolute Gasteiger partial charge is 0.340 e. The first-order valence-corrected chi connectivity index (χ1v) is 10.8. The molecule has 0 aromatic heterocycles. The van der Waals surface area contributed by atoms with E-state index in [1.165, 1.54) is 48.5 Å². The van der Waals surface area contributed by atoms with Gasteiger partial charge in [0, 0.05) is 15.6 Å². The second-order valence-electron chi connectivity index (χ2n) is 5.89. The van der Waals surface area contributed by atoms with Crippen molar-refractivity contribution < 1.29 is 17.4 Å². The number of benzene rings is 3. The molecule has 0 aliphatic carbocycles. The minimum absolute atomic E-state index is 0.00708. The third-order valence-corrected chi connectivity index (χ3v) is 5.98. The summed E-state index contributed by atoms with van der Waals surface area (Å²) in [5.74, 6) is -0.214. The van der Waals surface area contributed by atoms with E-state index in [9.17, 15) is 13.2 Å². The molecule has 4 nitrogen and oxygen atoms in total. The summed E-state index contributed by atoms with van der Waals surface area (Å²) >= 11 is 17.7. The van der Waals surface area contributed by atoms with E-state index < -0.39 is 10.1 Å². The molecule has 0 heterocycles. The molecule has 0 amide bonds. The van der Waals surface area contributed by atoms with Gasteiger partial charge in [-0.25, -0.2) is 0 Å². The van der Waals surface area contributed by atoms with Crippen molar-refractivity contribution in [2.75, 3.05) is 0 Å². The number of ketones is 1. The quantitative estimate of drug-likeness (QED) is 0.242. The van der Waals surface area contributed by atoms with Crippen LogP contribution >= 0.6 is 34.8 Å². The lowest BCUT2D eigenvalue weighted by molar-refractivity contribution is 0.104. The van der Waals surface area contributed by atoms with E-state index in [-0.39, 0.29) is 26.5 Å². The van der Waals surface area contributed by atoms with E-state index in [0.29, 0.717) is 10.6 Å². The first kappa shape index (κ1) is 21.4. The predicted octanol–water partition coefficient (Wildman–Crippen LogP) is 6.31. The standard InChI is InChI=1S/C21H13Cl3O4S/c22-16-3-1-2-14(12-16)4-11-20(25)15-5-8-18(9-6-15)28-29(26,27)21-13-17(23)7-10-19(21)24/h1-13H. The van der Waals surface area contributed by atoms with Crippen molar-refractivity contribution in [3.05, 3.63) is 99.0 Å². The number of hydrogen-bond donors (Lipinski definition) is 0. The van der Waals surface area contributed by atoms with Crippen molar-refractivity contribution in [1.29, 1.82) is 0 Å². The number of allylic oxidation sites excluding steroid dienone is 1. The molecule has 0 radical (unpaired) electrons. The molecule has 3 rings (SSSR count). The van der Waals surface area contributed by atoms with Crippen LogP contribution in [0.15, 0.2) is 77.7 Å². The lowest BCUT2D eigenvalue weighted by Crippen LogP contribution is -2.10. The molecule has 0 aliphatic rings. The average Bonchev–Trinajstić information content (AvgIpc) is 2.68. The van der Waals surface area contributed by atoms with E-state index in [1.807, 2.05) is 6.07 Å². The van der Waals surface area contributed by atoms with Gasteiger partial charge in [0.2, 0.25) is 0 Å². The maximum atomic E-state index is 12.4. The first-order valence-electron chi connectivity index (χ1n) is 8.22. The maximum Gasteiger partial charge on any atom is 0.340 e. The Bertz CT molecular complexity index is 1190. The Kier molecular flexibility index (Phi) is 6.65. The van der Waals surface area contributed by atoms with E-state index in [4.69, 9.17) is 39.0 Å². The van der Waals surface area contributed by atoms with Crippen LogP contribution < -0.4 is 4.18 Å². The van der Waals surface area contributed by atoms with Crippen LogP contribution in [-0.4, -0.2) is 14.2 Å². The van der Waals surface area contributed by atoms with Crippen molar-refractivity contribution in [2.45, 2.75) is 4.90 Å². The van der Waals surface area contributed by atoms with Crippen molar-refractivity contribution in [2.24, 2.45) is 0 Å². The number of carbonyl (C=O) groups excluding carboxylic acids is 1. The lowest BCUT2D eigenvalue weighted by atomic mass is 10.1. The summed E-state index contributed by atoms with van der Waals surface area (Å²) in [5.41, 5.74) is 1.16. The van der Waals surface area contributed by atoms with Crippen LogP contribution in [0.2, 0.25) is 15.1 Å². The molecule has 0 saturated heterocycles. The average molecular weight is 468 g/mol. The van der Waals surface area contributed by atoms with Crippen LogP contribution in [0, 0.1) is 0 Å². The Hall–Kier alpha value is -2.31. The highest BCUT2D eigenvalue weighted by Crippen LogP contribution is 2.28. The lowest BCUT2D eigenvalue weighted by Gasteiger charge is -2.09. The topological polar surface area (TPSA) is 60.4 Å². The van der Waals surface area contributed by atoms with Gasteiger partial charge in [0.15, 0.2) is 5.78 Å². The van der Waals surface area contributed by atoms with Crippen LogP contribution in [0.1, 0.15) is 15.9 Å². The molecule has 0 bridgehead atoms. The molecule has 0 unspecified atom stereocenters. The summed E-state index contributed by atoms with van der Waals surface area (Å²) in [6.45, 7) is 0. The Balaban J connectivity index is 1.74. The molecule has 0 atom stereocenters. The molecular formula is C21H13Cl3O4S. The van der Waals surface area contributed by atoms with Crippen LogP contribution in [0.25, 0.3) is 6.08 Å². The highest BCUT2D eigenvalue weighted by molar-refractivity contribution is 7.87. The van der Waals surface area contributed by atoms with Crippen molar-refractivity contribution in [3.63, 3.8) is 0 Å². The molecule has 8 heteroatoms. The summed E-state index contributed by atoms with van der Waals surface area (Å²) in [6, 6.07) is 16.8. The predicted molar refractivity (Wildman–Crippen MR) is 116 cm³/mol. The molecule has 3 aromatic carbocycles. The number of halogens is 3. The second-order valence-corrected chi connectivity index (χ2v) is 8.68. The van der Waals surface area contributed by atoms with Gasteiger partial charge in [-0.2, -0.15) is 8.42 Å². The van der Waals surface area contributed by atoms with Gasteiger partial charge in [0.05, 0.1) is 5.02 Å². The van der Waals surface area contributed by atoms with Crippen LogP contribution in [0.4, 0.5) is 0 Å². The van der Waals surface area contributed by atoms with E-state index in [1.54, 1.807) is 24.3 Å². The number of carbonyl (C=O) groups is 1. The molecule has 0 fully saturated rings. The fourth-order valence-electron chi connectivity index (χ4n) is 2.39. The van der Waals surface area contributed by atoms with Crippen LogP contribution in [0.5, 0.6) is 5.75 Å². The normalized spacial score (nSPS) is 11.6. The van der Waals surface area contributed by atoms with Crippen LogP contribution in [0.3, 0.4) is 0 Å². The maximum absolute atomic E-state index is 12.4. The Morgan fingerprint density at radius 1 is 0.862 bits per heavy atom. The summed E-state index contributed by atoms with van der Waals surface area (Å²) in [6.07, 6.45) is 3.05. The number of hydrogen-bond acceptors (Lipinski definition) is 4. The molecule has 0 aliphatic heterocycles.